The minimum atomic E-state index is -0.883. The molecule has 1 aliphatic rings. The molecule has 1 aromatic carbocycles. The van der Waals surface area contributed by atoms with Crippen LogP contribution in [0.1, 0.15) is 13.3 Å². The maximum Gasteiger partial charge on any atom is 0.142 e. The van der Waals surface area contributed by atoms with Gasteiger partial charge in [0.2, 0.25) is 0 Å². The van der Waals surface area contributed by atoms with Gasteiger partial charge < -0.3 is 15.2 Å². The fourth-order valence-electron chi connectivity index (χ4n) is 1.84. The van der Waals surface area contributed by atoms with Gasteiger partial charge in [-0.2, -0.15) is 0 Å². The molecule has 2 rings (SSSR count). The molecule has 0 aromatic heterocycles. The quantitative estimate of drug-likeness (QED) is 0.853. The molecule has 3 nitrogen and oxygen atoms in total. The maximum absolute atomic E-state index is 13.0. The lowest BCUT2D eigenvalue weighted by molar-refractivity contribution is -0.0657. The first-order valence-electron chi connectivity index (χ1n) is 5.54. The van der Waals surface area contributed by atoms with Crippen LogP contribution in [-0.2, 0) is 0 Å². The molecule has 94 valence electrons. The molecule has 0 radical (unpaired) electrons. The predicted molar refractivity (Wildman–Crippen MR) is 63.9 cm³/mol. The van der Waals surface area contributed by atoms with Crippen molar-refractivity contribution < 1.29 is 14.2 Å². The number of ether oxygens (including phenoxy) is 1. The normalized spacial score (nSPS) is 29.1. The Morgan fingerprint density at radius 3 is 3.00 bits per heavy atom. The Hall–Kier alpha value is -0.840. The van der Waals surface area contributed by atoms with Crippen LogP contribution in [0.5, 0.6) is 5.75 Å². The molecule has 0 saturated carbocycles. The summed E-state index contributed by atoms with van der Waals surface area (Å²) in [4.78, 5) is 0. The Bertz CT molecular complexity index is 411. The molecule has 0 aliphatic carbocycles. The van der Waals surface area contributed by atoms with E-state index in [4.69, 9.17) is 16.3 Å². The number of hydrogen-bond acceptors (Lipinski definition) is 3. The molecular weight excluding hydrogens is 245 g/mol. The predicted octanol–water partition coefficient (Wildman–Crippen LogP) is 1.97. The number of hydrogen-bond donors (Lipinski definition) is 2. The molecule has 0 spiro atoms. The van der Waals surface area contributed by atoms with Gasteiger partial charge in [-0.1, -0.05) is 11.6 Å². The number of nitrogens with one attached hydrogen (secondary N) is 1. The Morgan fingerprint density at radius 2 is 2.35 bits per heavy atom. The van der Waals surface area contributed by atoms with Gasteiger partial charge in [0.1, 0.15) is 23.3 Å². The van der Waals surface area contributed by atoms with E-state index in [1.165, 1.54) is 18.2 Å². The van der Waals surface area contributed by atoms with Gasteiger partial charge in [-0.15, -0.1) is 0 Å². The highest BCUT2D eigenvalue weighted by molar-refractivity contribution is 6.30. The molecule has 1 saturated heterocycles. The largest absolute Gasteiger partial charge is 0.486 e. The van der Waals surface area contributed by atoms with Crippen molar-refractivity contribution in [2.24, 2.45) is 0 Å². The van der Waals surface area contributed by atoms with Crippen LogP contribution in [-0.4, -0.2) is 29.9 Å². The van der Waals surface area contributed by atoms with Crippen LogP contribution in [0.25, 0.3) is 0 Å². The van der Waals surface area contributed by atoms with Crippen LogP contribution in [0.15, 0.2) is 18.2 Å². The van der Waals surface area contributed by atoms with E-state index in [2.05, 4.69) is 5.32 Å². The van der Waals surface area contributed by atoms with Gasteiger partial charge in [0.15, 0.2) is 0 Å². The van der Waals surface area contributed by atoms with E-state index in [-0.39, 0.29) is 11.1 Å². The molecule has 17 heavy (non-hydrogen) atoms. The Balaban J connectivity index is 2.11. The average Bonchev–Trinajstić information content (AvgIpc) is 2.26. The highest BCUT2D eigenvalue weighted by Gasteiger charge is 2.36. The molecule has 2 atom stereocenters. The first-order valence-corrected chi connectivity index (χ1v) is 5.91. The Morgan fingerprint density at radius 1 is 1.59 bits per heavy atom. The van der Waals surface area contributed by atoms with Gasteiger partial charge in [0, 0.05) is 12.6 Å². The van der Waals surface area contributed by atoms with E-state index >= 15 is 0 Å². The second-order valence-electron chi connectivity index (χ2n) is 4.49. The third-order valence-electron chi connectivity index (χ3n) is 3.00. The standard InChI is InChI=1S/C12H15ClFNO2/c1-12(16)4-5-15-7-11(12)17-8-2-3-10(14)9(13)6-8/h2-3,6,11,15-16H,4-5,7H2,1H3. The lowest BCUT2D eigenvalue weighted by Gasteiger charge is -2.37. The Labute approximate surface area is 105 Å². The summed E-state index contributed by atoms with van der Waals surface area (Å²) < 4.78 is 18.6. The van der Waals surface area contributed by atoms with Gasteiger partial charge in [-0.05, 0) is 32.0 Å². The van der Waals surface area contributed by atoms with Crippen molar-refractivity contribution in [1.29, 1.82) is 0 Å². The van der Waals surface area contributed by atoms with E-state index in [9.17, 15) is 9.50 Å². The molecule has 2 unspecified atom stereocenters. The number of aliphatic hydroxyl groups is 1. The van der Waals surface area contributed by atoms with Gasteiger partial charge in [0.25, 0.3) is 0 Å². The number of rotatable bonds is 2. The molecule has 2 N–H and O–H groups in total. The summed E-state index contributed by atoms with van der Waals surface area (Å²) >= 11 is 5.67. The van der Waals surface area contributed by atoms with E-state index in [1.54, 1.807) is 6.92 Å². The summed E-state index contributed by atoms with van der Waals surface area (Å²) in [6.45, 7) is 3.06. The molecule has 0 bridgehead atoms. The molecule has 1 heterocycles. The summed E-state index contributed by atoms with van der Waals surface area (Å²) in [5.74, 6) is -0.0158. The number of halogens is 2. The second-order valence-corrected chi connectivity index (χ2v) is 4.90. The fraction of sp³-hybridized carbons (Fsp3) is 0.500. The van der Waals surface area contributed by atoms with E-state index in [1.807, 2.05) is 0 Å². The third kappa shape index (κ3) is 2.89. The minimum Gasteiger partial charge on any atom is -0.486 e. The number of benzene rings is 1. The van der Waals surface area contributed by atoms with Gasteiger partial charge in [0.05, 0.1) is 5.02 Å². The zero-order valence-corrected chi connectivity index (χ0v) is 10.3. The van der Waals surface area contributed by atoms with Crippen LogP contribution in [0.3, 0.4) is 0 Å². The summed E-state index contributed by atoms with van der Waals surface area (Å²) in [5.41, 5.74) is -0.883. The maximum atomic E-state index is 13.0. The first kappa shape index (κ1) is 12.6. The van der Waals surface area contributed by atoms with Crippen molar-refractivity contribution in [3.8, 4) is 5.75 Å². The van der Waals surface area contributed by atoms with Crippen LogP contribution < -0.4 is 10.1 Å². The van der Waals surface area contributed by atoms with Crippen molar-refractivity contribution in [2.45, 2.75) is 25.0 Å². The highest BCUT2D eigenvalue weighted by Crippen LogP contribution is 2.26. The first-order chi connectivity index (χ1) is 7.99. The van der Waals surface area contributed by atoms with Crippen molar-refractivity contribution in [3.05, 3.63) is 29.0 Å². The lowest BCUT2D eigenvalue weighted by Crippen LogP contribution is -2.54. The zero-order chi connectivity index (χ0) is 12.5. The average molecular weight is 260 g/mol. The van der Waals surface area contributed by atoms with Crippen LogP contribution in [0, 0.1) is 5.82 Å². The van der Waals surface area contributed by atoms with Crippen LogP contribution in [0.4, 0.5) is 4.39 Å². The number of piperidine rings is 1. The zero-order valence-electron chi connectivity index (χ0n) is 9.54. The monoisotopic (exact) mass is 259 g/mol. The van der Waals surface area contributed by atoms with Crippen molar-refractivity contribution in [1.82, 2.24) is 5.32 Å². The molecule has 1 fully saturated rings. The molecule has 1 aliphatic heterocycles. The SMILES string of the molecule is CC1(O)CCNCC1Oc1ccc(F)c(Cl)c1. The third-order valence-corrected chi connectivity index (χ3v) is 3.29. The second kappa shape index (κ2) is 4.80. The van der Waals surface area contributed by atoms with Gasteiger partial charge in [-0.25, -0.2) is 4.39 Å². The summed E-state index contributed by atoms with van der Waals surface area (Å²) in [6.07, 6.45) is 0.254. The molecular formula is C12H15ClFNO2. The summed E-state index contributed by atoms with van der Waals surface area (Å²) in [7, 11) is 0. The summed E-state index contributed by atoms with van der Waals surface area (Å²) in [6, 6.07) is 4.18. The van der Waals surface area contributed by atoms with Gasteiger partial charge >= 0.3 is 0 Å². The Kier molecular flexibility index (Phi) is 3.56. The lowest BCUT2D eigenvalue weighted by atomic mass is 9.92. The van der Waals surface area contributed by atoms with E-state index in [0.717, 1.165) is 6.54 Å². The minimum absolute atomic E-state index is 0.0194. The topological polar surface area (TPSA) is 41.5 Å². The van der Waals surface area contributed by atoms with E-state index in [0.29, 0.717) is 18.7 Å². The van der Waals surface area contributed by atoms with Crippen molar-refractivity contribution >= 4 is 11.6 Å². The molecule has 1 aromatic rings. The van der Waals surface area contributed by atoms with Crippen LogP contribution in [0.2, 0.25) is 5.02 Å². The summed E-state index contributed by atoms with van der Waals surface area (Å²) in [5, 5.41) is 13.3. The smallest absolute Gasteiger partial charge is 0.142 e. The highest BCUT2D eigenvalue weighted by atomic mass is 35.5. The van der Waals surface area contributed by atoms with Crippen LogP contribution >= 0.6 is 11.6 Å². The van der Waals surface area contributed by atoms with Crippen molar-refractivity contribution in [2.75, 3.05) is 13.1 Å². The molecule has 0 amide bonds. The fourth-order valence-corrected chi connectivity index (χ4v) is 2.01. The van der Waals surface area contributed by atoms with Crippen molar-refractivity contribution in [3.63, 3.8) is 0 Å². The van der Waals surface area contributed by atoms with Gasteiger partial charge in [-0.3, -0.25) is 0 Å². The molecule has 5 heteroatoms. The van der Waals surface area contributed by atoms with E-state index < -0.39 is 11.4 Å².